The van der Waals surface area contributed by atoms with E-state index in [9.17, 15) is 0 Å². The molecule has 2 aliphatic rings. The quantitative estimate of drug-likeness (QED) is 0.914. The Kier molecular flexibility index (Phi) is 4.33. The number of aryl methyl sites for hydroxylation is 2. The molecular weight excluding hydrogens is 286 g/mol. The van der Waals surface area contributed by atoms with Gasteiger partial charge in [0.25, 0.3) is 0 Å². The molecule has 0 aliphatic carbocycles. The lowest BCUT2D eigenvalue weighted by molar-refractivity contribution is 0.185. The predicted octanol–water partition coefficient (Wildman–Crippen LogP) is 3.72. The standard InChI is InChI=1S/C19H25N3O/c1-2-11-22-13-18(21-19(22)3-1)16-4-6-17(7-5-16)20-10-8-15-9-12-23-14-15/h4-7,13,15,20H,1-3,8-12,14H2/t15-/m0/s1. The zero-order valence-electron chi connectivity index (χ0n) is 13.6. The van der Waals surface area contributed by atoms with Gasteiger partial charge in [-0.15, -0.1) is 0 Å². The van der Waals surface area contributed by atoms with Crippen molar-refractivity contribution in [3.8, 4) is 11.3 Å². The Morgan fingerprint density at radius 1 is 1.22 bits per heavy atom. The van der Waals surface area contributed by atoms with Crippen LogP contribution in [0.2, 0.25) is 0 Å². The fourth-order valence-corrected chi connectivity index (χ4v) is 3.54. The highest BCUT2D eigenvalue weighted by Gasteiger charge is 2.15. The van der Waals surface area contributed by atoms with Crippen molar-refractivity contribution in [3.05, 3.63) is 36.3 Å². The summed E-state index contributed by atoms with van der Waals surface area (Å²) in [4.78, 5) is 4.79. The van der Waals surface area contributed by atoms with E-state index < -0.39 is 0 Å². The Labute approximate surface area is 137 Å². The summed E-state index contributed by atoms with van der Waals surface area (Å²) >= 11 is 0. The van der Waals surface area contributed by atoms with E-state index in [2.05, 4.69) is 40.3 Å². The van der Waals surface area contributed by atoms with Gasteiger partial charge in [-0.3, -0.25) is 0 Å². The summed E-state index contributed by atoms with van der Waals surface area (Å²) in [5.74, 6) is 1.98. The highest BCUT2D eigenvalue weighted by molar-refractivity contribution is 5.62. The van der Waals surface area contributed by atoms with Gasteiger partial charge in [0.15, 0.2) is 0 Å². The lowest BCUT2D eigenvalue weighted by atomic mass is 10.1. The van der Waals surface area contributed by atoms with Crippen LogP contribution in [0.1, 0.15) is 31.5 Å². The third kappa shape index (κ3) is 3.42. The highest BCUT2D eigenvalue weighted by Crippen LogP contribution is 2.24. The van der Waals surface area contributed by atoms with Gasteiger partial charge in [0.2, 0.25) is 0 Å². The topological polar surface area (TPSA) is 39.1 Å². The SMILES string of the molecule is c1cc(-c2cn3c(n2)CCCC3)ccc1NCC[C@H]1CCOC1. The number of ether oxygens (including phenoxy) is 1. The van der Waals surface area contributed by atoms with Crippen molar-refractivity contribution < 1.29 is 4.74 Å². The molecule has 0 unspecified atom stereocenters. The molecule has 4 rings (SSSR count). The van der Waals surface area contributed by atoms with Crippen LogP contribution in [0, 0.1) is 5.92 Å². The Balaban J connectivity index is 1.36. The number of nitrogens with one attached hydrogen (secondary N) is 1. The number of benzene rings is 1. The fourth-order valence-electron chi connectivity index (χ4n) is 3.54. The average Bonchev–Trinajstić information content (AvgIpc) is 3.24. The Bertz CT molecular complexity index is 618. The Morgan fingerprint density at radius 2 is 2.13 bits per heavy atom. The minimum Gasteiger partial charge on any atom is -0.385 e. The molecule has 4 nitrogen and oxygen atoms in total. The summed E-state index contributed by atoms with van der Waals surface area (Å²) in [6, 6.07) is 8.68. The van der Waals surface area contributed by atoms with Gasteiger partial charge >= 0.3 is 0 Å². The normalized spacial score (nSPS) is 20.4. The predicted molar refractivity (Wildman–Crippen MR) is 92.6 cm³/mol. The van der Waals surface area contributed by atoms with Gasteiger partial charge in [0.05, 0.1) is 5.69 Å². The number of rotatable bonds is 5. The van der Waals surface area contributed by atoms with Crippen LogP contribution >= 0.6 is 0 Å². The monoisotopic (exact) mass is 311 g/mol. The molecule has 1 saturated heterocycles. The van der Waals surface area contributed by atoms with Crippen LogP contribution in [-0.4, -0.2) is 29.3 Å². The number of nitrogens with zero attached hydrogens (tertiary/aromatic N) is 2. The van der Waals surface area contributed by atoms with Gasteiger partial charge in [0.1, 0.15) is 5.82 Å². The Hall–Kier alpha value is -1.81. The molecule has 2 aromatic rings. The number of aromatic nitrogens is 2. The molecular formula is C19H25N3O. The van der Waals surface area contributed by atoms with E-state index in [1.165, 1.54) is 42.8 Å². The van der Waals surface area contributed by atoms with Crippen LogP contribution in [0.25, 0.3) is 11.3 Å². The maximum atomic E-state index is 5.42. The minimum absolute atomic E-state index is 0.735. The van der Waals surface area contributed by atoms with Crippen molar-refractivity contribution >= 4 is 5.69 Å². The second kappa shape index (κ2) is 6.75. The first kappa shape index (κ1) is 14.8. The van der Waals surface area contributed by atoms with Crippen molar-refractivity contribution in [1.82, 2.24) is 9.55 Å². The molecule has 0 amide bonds. The molecule has 1 aromatic carbocycles. The zero-order chi connectivity index (χ0) is 15.5. The van der Waals surface area contributed by atoms with Crippen LogP contribution < -0.4 is 5.32 Å². The molecule has 1 atom stereocenters. The smallest absolute Gasteiger partial charge is 0.109 e. The summed E-state index contributed by atoms with van der Waals surface area (Å²) in [6.07, 6.45) is 8.27. The van der Waals surface area contributed by atoms with E-state index in [0.29, 0.717) is 0 Å². The van der Waals surface area contributed by atoms with Gasteiger partial charge in [-0.2, -0.15) is 0 Å². The molecule has 0 bridgehead atoms. The second-order valence-corrected chi connectivity index (χ2v) is 6.72. The maximum Gasteiger partial charge on any atom is 0.109 e. The molecule has 122 valence electrons. The zero-order valence-corrected chi connectivity index (χ0v) is 13.6. The summed E-state index contributed by atoms with van der Waals surface area (Å²) in [7, 11) is 0. The number of fused-ring (bicyclic) bond motifs is 1. The maximum absolute atomic E-state index is 5.42. The molecule has 0 saturated carbocycles. The summed E-state index contributed by atoms with van der Waals surface area (Å²) in [6.45, 7) is 4.01. The van der Waals surface area contributed by atoms with Crippen molar-refractivity contribution in [1.29, 1.82) is 0 Å². The Morgan fingerprint density at radius 3 is 2.91 bits per heavy atom. The highest BCUT2D eigenvalue weighted by atomic mass is 16.5. The minimum atomic E-state index is 0.735. The number of hydrogen-bond acceptors (Lipinski definition) is 3. The number of anilines is 1. The van der Waals surface area contributed by atoms with Crippen LogP contribution in [0.3, 0.4) is 0 Å². The number of imidazole rings is 1. The fraction of sp³-hybridized carbons (Fsp3) is 0.526. The van der Waals surface area contributed by atoms with Crippen LogP contribution in [0.15, 0.2) is 30.5 Å². The van der Waals surface area contributed by atoms with Gasteiger partial charge in [-0.25, -0.2) is 4.98 Å². The first-order valence-corrected chi connectivity index (χ1v) is 8.86. The van der Waals surface area contributed by atoms with Crippen molar-refractivity contribution in [3.63, 3.8) is 0 Å². The lowest BCUT2D eigenvalue weighted by Gasteiger charge is -2.11. The first-order valence-electron chi connectivity index (χ1n) is 8.86. The molecule has 1 N–H and O–H groups in total. The largest absolute Gasteiger partial charge is 0.385 e. The second-order valence-electron chi connectivity index (χ2n) is 6.72. The summed E-state index contributed by atoms with van der Waals surface area (Å²) in [5.41, 5.74) is 3.51. The van der Waals surface area contributed by atoms with Gasteiger partial charge < -0.3 is 14.6 Å². The van der Waals surface area contributed by atoms with Gasteiger partial charge in [-0.1, -0.05) is 12.1 Å². The molecule has 23 heavy (non-hydrogen) atoms. The molecule has 2 aliphatic heterocycles. The summed E-state index contributed by atoms with van der Waals surface area (Å²) < 4.78 is 7.74. The van der Waals surface area contributed by atoms with E-state index in [4.69, 9.17) is 9.72 Å². The average molecular weight is 311 g/mol. The van der Waals surface area contributed by atoms with E-state index in [1.807, 2.05) is 0 Å². The molecule has 3 heterocycles. The van der Waals surface area contributed by atoms with Gasteiger partial charge in [0, 0.05) is 50.2 Å². The van der Waals surface area contributed by atoms with Crippen LogP contribution in [0.5, 0.6) is 0 Å². The third-order valence-electron chi connectivity index (χ3n) is 4.99. The first-order chi connectivity index (χ1) is 11.4. The van der Waals surface area contributed by atoms with Crippen molar-refractivity contribution in [2.75, 3.05) is 25.1 Å². The van der Waals surface area contributed by atoms with Gasteiger partial charge in [-0.05, 0) is 43.7 Å². The molecule has 4 heteroatoms. The van der Waals surface area contributed by atoms with E-state index >= 15 is 0 Å². The molecule has 0 radical (unpaired) electrons. The lowest BCUT2D eigenvalue weighted by Crippen LogP contribution is -2.08. The van der Waals surface area contributed by atoms with Crippen molar-refractivity contribution in [2.24, 2.45) is 5.92 Å². The van der Waals surface area contributed by atoms with Crippen LogP contribution in [-0.2, 0) is 17.7 Å². The van der Waals surface area contributed by atoms with E-state index in [1.54, 1.807) is 0 Å². The third-order valence-corrected chi connectivity index (χ3v) is 4.99. The molecule has 0 spiro atoms. The molecule has 1 aromatic heterocycles. The molecule has 1 fully saturated rings. The van der Waals surface area contributed by atoms with E-state index in [-0.39, 0.29) is 0 Å². The van der Waals surface area contributed by atoms with Crippen LogP contribution in [0.4, 0.5) is 5.69 Å². The number of hydrogen-bond donors (Lipinski definition) is 1. The summed E-state index contributed by atoms with van der Waals surface area (Å²) in [5, 5.41) is 3.52. The van der Waals surface area contributed by atoms with E-state index in [0.717, 1.165) is 44.3 Å². The van der Waals surface area contributed by atoms with Crippen molar-refractivity contribution in [2.45, 2.75) is 38.6 Å².